The van der Waals surface area contributed by atoms with Crippen molar-refractivity contribution in [1.82, 2.24) is 10.3 Å². The number of nitrogens with zero attached hydrogens (tertiary/aromatic N) is 2. The van der Waals surface area contributed by atoms with E-state index in [1.165, 1.54) is 0 Å². The van der Waals surface area contributed by atoms with Crippen LogP contribution in [0.25, 0.3) is 0 Å². The Kier molecular flexibility index (Phi) is 6.63. The molecule has 0 spiro atoms. The van der Waals surface area contributed by atoms with E-state index in [-0.39, 0.29) is 12.5 Å². The van der Waals surface area contributed by atoms with Gasteiger partial charge < -0.3 is 20.7 Å². The minimum absolute atomic E-state index is 0.0481. The van der Waals surface area contributed by atoms with E-state index in [4.69, 9.17) is 10.5 Å². The Labute approximate surface area is 120 Å². The number of ether oxygens (including phenoxy) is 1. The molecule has 3 N–H and O–H groups in total. The van der Waals surface area contributed by atoms with Crippen molar-refractivity contribution < 1.29 is 9.53 Å². The molecule has 0 atom stereocenters. The minimum atomic E-state index is -0.0481. The first-order valence-corrected chi connectivity index (χ1v) is 6.97. The molecule has 6 heteroatoms. The standard InChI is InChI=1S/C14H24N4O2/c1-4-8-18(10-13(19)16-3)12-7-6-11(15)14(17-12)20-9-5-2/h6-7H,4-5,8-10,15H2,1-3H3,(H,16,19). The Morgan fingerprint density at radius 3 is 2.75 bits per heavy atom. The molecular weight excluding hydrogens is 256 g/mol. The summed E-state index contributed by atoms with van der Waals surface area (Å²) in [6, 6.07) is 3.58. The van der Waals surface area contributed by atoms with E-state index in [9.17, 15) is 4.79 Å². The molecule has 0 bridgehead atoms. The second-order valence-corrected chi connectivity index (χ2v) is 4.51. The van der Waals surface area contributed by atoms with Crippen LogP contribution in [0.1, 0.15) is 26.7 Å². The van der Waals surface area contributed by atoms with Gasteiger partial charge in [-0.15, -0.1) is 0 Å². The normalized spacial score (nSPS) is 10.2. The molecule has 1 aromatic heterocycles. The lowest BCUT2D eigenvalue weighted by molar-refractivity contribution is -0.119. The fourth-order valence-corrected chi connectivity index (χ4v) is 1.73. The van der Waals surface area contributed by atoms with Crippen LogP contribution in [0.15, 0.2) is 12.1 Å². The van der Waals surface area contributed by atoms with Gasteiger partial charge in [-0.1, -0.05) is 13.8 Å². The highest BCUT2D eigenvalue weighted by Gasteiger charge is 2.13. The summed E-state index contributed by atoms with van der Waals surface area (Å²) in [5.41, 5.74) is 6.36. The van der Waals surface area contributed by atoms with E-state index in [2.05, 4.69) is 17.2 Å². The van der Waals surface area contributed by atoms with Gasteiger partial charge in [0.25, 0.3) is 0 Å². The first-order chi connectivity index (χ1) is 9.62. The quantitative estimate of drug-likeness (QED) is 0.752. The maximum absolute atomic E-state index is 11.6. The van der Waals surface area contributed by atoms with Crippen molar-refractivity contribution in [2.75, 3.05) is 37.4 Å². The van der Waals surface area contributed by atoms with Gasteiger partial charge in [-0.2, -0.15) is 4.98 Å². The Morgan fingerprint density at radius 2 is 2.15 bits per heavy atom. The number of nitrogens with two attached hydrogens (primary N) is 1. The second-order valence-electron chi connectivity index (χ2n) is 4.51. The Balaban J connectivity index is 2.91. The van der Waals surface area contributed by atoms with Crippen LogP contribution in [0.5, 0.6) is 5.88 Å². The Bertz CT molecular complexity index is 437. The summed E-state index contributed by atoms with van der Waals surface area (Å²) in [4.78, 5) is 17.9. The highest BCUT2D eigenvalue weighted by Crippen LogP contribution is 2.23. The summed E-state index contributed by atoms with van der Waals surface area (Å²) >= 11 is 0. The van der Waals surface area contributed by atoms with E-state index >= 15 is 0 Å². The number of rotatable bonds is 8. The average molecular weight is 280 g/mol. The van der Waals surface area contributed by atoms with Gasteiger partial charge in [0, 0.05) is 13.6 Å². The van der Waals surface area contributed by atoms with Gasteiger partial charge in [-0.05, 0) is 25.0 Å². The van der Waals surface area contributed by atoms with Crippen LogP contribution in [0.3, 0.4) is 0 Å². The highest BCUT2D eigenvalue weighted by molar-refractivity contribution is 5.80. The molecule has 1 amide bonds. The van der Waals surface area contributed by atoms with Crippen LogP contribution in [-0.4, -0.2) is 37.6 Å². The number of nitrogens with one attached hydrogen (secondary N) is 1. The minimum Gasteiger partial charge on any atom is -0.476 e. The van der Waals surface area contributed by atoms with Crippen LogP contribution in [-0.2, 0) is 4.79 Å². The molecule has 1 aromatic rings. The van der Waals surface area contributed by atoms with Crippen LogP contribution in [0.4, 0.5) is 11.5 Å². The van der Waals surface area contributed by atoms with Gasteiger partial charge >= 0.3 is 0 Å². The first-order valence-electron chi connectivity index (χ1n) is 6.97. The van der Waals surface area contributed by atoms with Crippen molar-refractivity contribution in [1.29, 1.82) is 0 Å². The fraction of sp³-hybridized carbons (Fsp3) is 0.571. The van der Waals surface area contributed by atoms with E-state index in [1.807, 2.05) is 17.9 Å². The number of pyridine rings is 1. The third-order valence-corrected chi connectivity index (χ3v) is 2.75. The van der Waals surface area contributed by atoms with Crippen LogP contribution in [0, 0.1) is 0 Å². The van der Waals surface area contributed by atoms with Crippen LogP contribution >= 0.6 is 0 Å². The SMILES string of the molecule is CCCOc1nc(N(CCC)CC(=O)NC)ccc1N. The van der Waals surface area contributed by atoms with E-state index in [1.54, 1.807) is 13.1 Å². The smallest absolute Gasteiger partial charge is 0.239 e. The van der Waals surface area contributed by atoms with Crippen molar-refractivity contribution in [2.24, 2.45) is 0 Å². The number of amides is 1. The molecule has 0 radical (unpaired) electrons. The van der Waals surface area contributed by atoms with Crippen molar-refractivity contribution in [2.45, 2.75) is 26.7 Å². The number of nitrogen functional groups attached to an aromatic ring is 1. The molecule has 0 fully saturated rings. The summed E-state index contributed by atoms with van der Waals surface area (Å²) in [5.74, 6) is 1.09. The van der Waals surface area contributed by atoms with Gasteiger partial charge in [0.05, 0.1) is 18.8 Å². The third kappa shape index (κ3) is 4.60. The molecule has 0 saturated carbocycles. The number of anilines is 2. The third-order valence-electron chi connectivity index (χ3n) is 2.75. The van der Waals surface area contributed by atoms with Gasteiger partial charge in [0.1, 0.15) is 5.82 Å². The molecule has 0 saturated heterocycles. The van der Waals surface area contributed by atoms with Crippen molar-refractivity contribution in [3.8, 4) is 5.88 Å². The zero-order chi connectivity index (χ0) is 15.0. The molecular formula is C14H24N4O2. The van der Waals surface area contributed by atoms with Crippen LogP contribution < -0.4 is 20.7 Å². The van der Waals surface area contributed by atoms with Crippen LogP contribution in [0.2, 0.25) is 0 Å². The molecule has 6 nitrogen and oxygen atoms in total. The van der Waals surface area contributed by atoms with E-state index in [0.717, 1.165) is 19.4 Å². The summed E-state index contributed by atoms with van der Waals surface area (Å²) in [5, 5.41) is 2.62. The number of carbonyl (C=O) groups excluding carboxylic acids is 1. The Hall–Kier alpha value is -1.98. The number of hydrogen-bond acceptors (Lipinski definition) is 5. The molecule has 20 heavy (non-hydrogen) atoms. The van der Waals surface area contributed by atoms with Gasteiger partial charge in [0.2, 0.25) is 11.8 Å². The highest BCUT2D eigenvalue weighted by atomic mass is 16.5. The monoisotopic (exact) mass is 280 g/mol. The van der Waals surface area contributed by atoms with E-state index < -0.39 is 0 Å². The number of carbonyl (C=O) groups is 1. The second kappa shape index (κ2) is 8.24. The Morgan fingerprint density at radius 1 is 1.40 bits per heavy atom. The van der Waals surface area contributed by atoms with Gasteiger partial charge in [-0.3, -0.25) is 4.79 Å². The molecule has 112 valence electrons. The number of aromatic nitrogens is 1. The first kappa shape index (κ1) is 16.1. The molecule has 0 unspecified atom stereocenters. The topological polar surface area (TPSA) is 80.5 Å². The zero-order valence-corrected chi connectivity index (χ0v) is 12.5. The molecule has 0 aliphatic rings. The number of hydrogen-bond donors (Lipinski definition) is 2. The largest absolute Gasteiger partial charge is 0.476 e. The summed E-state index contributed by atoms with van der Waals surface area (Å²) in [7, 11) is 1.62. The molecule has 0 aliphatic carbocycles. The van der Waals surface area contributed by atoms with Crippen molar-refractivity contribution >= 4 is 17.4 Å². The number of likely N-dealkylation sites (N-methyl/N-ethyl adjacent to an activating group) is 1. The maximum atomic E-state index is 11.6. The molecule has 0 aliphatic heterocycles. The molecule has 0 aromatic carbocycles. The predicted octanol–water partition coefficient (Wildman–Crippen LogP) is 1.41. The fourth-order valence-electron chi connectivity index (χ4n) is 1.73. The van der Waals surface area contributed by atoms with Crippen molar-refractivity contribution in [3.63, 3.8) is 0 Å². The molecule has 1 heterocycles. The summed E-state index contributed by atoms with van der Waals surface area (Å²) in [6.45, 7) is 5.67. The molecule has 1 rings (SSSR count). The predicted molar refractivity (Wildman–Crippen MR) is 81.0 cm³/mol. The van der Waals surface area contributed by atoms with Crippen molar-refractivity contribution in [3.05, 3.63) is 12.1 Å². The summed E-state index contributed by atoms with van der Waals surface area (Å²) in [6.07, 6.45) is 1.82. The van der Waals surface area contributed by atoms with E-state index in [0.29, 0.717) is 24.0 Å². The lowest BCUT2D eigenvalue weighted by atomic mass is 10.3. The van der Waals surface area contributed by atoms with Gasteiger partial charge in [0.15, 0.2) is 0 Å². The average Bonchev–Trinajstić information content (AvgIpc) is 2.45. The lowest BCUT2D eigenvalue weighted by Gasteiger charge is -2.23. The lowest BCUT2D eigenvalue weighted by Crippen LogP contribution is -2.36. The van der Waals surface area contributed by atoms with Gasteiger partial charge in [-0.25, -0.2) is 0 Å². The maximum Gasteiger partial charge on any atom is 0.239 e. The zero-order valence-electron chi connectivity index (χ0n) is 12.5. The summed E-state index contributed by atoms with van der Waals surface area (Å²) < 4.78 is 5.52.